The second-order valence-corrected chi connectivity index (χ2v) is 4.92. The standard InChI is InChI=1S/C14H20FNO/c1-17-14(7-2-3-8-14)13(16)10-11-5-4-6-12(15)9-11/h4-6,9,13H,2-3,7-8,10,16H2,1H3. The molecule has 0 spiro atoms. The molecule has 1 aliphatic carbocycles. The normalized spacial score (nSPS) is 20.4. The van der Waals surface area contributed by atoms with E-state index >= 15 is 0 Å². The third-order valence-corrected chi connectivity index (χ3v) is 3.88. The molecule has 0 saturated heterocycles. The molecule has 1 unspecified atom stereocenters. The van der Waals surface area contributed by atoms with E-state index < -0.39 is 0 Å². The Labute approximate surface area is 102 Å². The molecule has 1 aliphatic rings. The van der Waals surface area contributed by atoms with Gasteiger partial charge >= 0.3 is 0 Å². The summed E-state index contributed by atoms with van der Waals surface area (Å²) in [4.78, 5) is 0. The quantitative estimate of drug-likeness (QED) is 0.873. The first-order valence-electron chi connectivity index (χ1n) is 6.21. The van der Waals surface area contributed by atoms with Crippen molar-refractivity contribution in [2.75, 3.05) is 7.11 Å². The van der Waals surface area contributed by atoms with Crippen molar-refractivity contribution >= 4 is 0 Å². The zero-order valence-electron chi connectivity index (χ0n) is 10.3. The summed E-state index contributed by atoms with van der Waals surface area (Å²) in [6.45, 7) is 0. The van der Waals surface area contributed by atoms with Crippen molar-refractivity contribution in [3.8, 4) is 0 Å². The van der Waals surface area contributed by atoms with Crippen LogP contribution in [-0.4, -0.2) is 18.8 Å². The van der Waals surface area contributed by atoms with Crippen molar-refractivity contribution in [2.45, 2.75) is 43.7 Å². The predicted octanol–water partition coefficient (Wildman–Crippen LogP) is 2.65. The molecule has 0 aliphatic heterocycles. The van der Waals surface area contributed by atoms with Gasteiger partial charge in [-0.15, -0.1) is 0 Å². The van der Waals surface area contributed by atoms with E-state index in [9.17, 15) is 4.39 Å². The highest BCUT2D eigenvalue weighted by Gasteiger charge is 2.39. The molecule has 1 saturated carbocycles. The first kappa shape index (κ1) is 12.5. The van der Waals surface area contributed by atoms with E-state index in [1.54, 1.807) is 19.2 Å². The molecule has 1 aromatic carbocycles. The molecular formula is C14H20FNO. The average molecular weight is 237 g/mol. The van der Waals surface area contributed by atoms with Crippen LogP contribution in [0.2, 0.25) is 0 Å². The molecule has 2 rings (SSSR count). The number of hydrogen-bond acceptors (Lipinski definition) is 2. The fraction of sp³-hybridized carbons (Fsp3) is 0.571. The van der Waals surface area contributed by atoms with Crippen LogP contribution in [0, 0.1) is 5.82 Å². The van der Waals surface area contributed by atoms with Crippen LogP contribution in [0.1, 0.15) is 31.2 Å². The van der Waals surface area contributed by atoms with Gasteiger partial charge in [-0.25, -0.2) is 4.39 Å². The van der Waals surface area contributed by atoms with Crippen LogP contribution < -0.4 is 5.73 Å². The molecule has 1 aromatic rings. The molecule has 3 heteroatoms. The Morgan fingerprint density at radius 1 is 1.41 bits per heavy atom. The van der Waals surface area contributed by atoms with Crippen LogP contribution in [0.15, 0.2) is 24.3 Å². The van der Waals surface area contributed by atoms with Gasteiger partial charge < -0.3 is 10.5 Å². The highest BCUT2D eigenvalue weighted by molar-refractivity contribution is 5.18. The minimum Gasteiger partial charge on any atom is -0.377 e. The van der Waals surface area contributed by atoms with Crippen LogP contribution in [0.4, 0.5) is 4.39 Å². The summed E-state index contributed by atoms with van der Waals surface area (Å²) in [6, 6.07) is 6.60. The second-order valence-electron chi connectivity index (χ2n) is 4.92. The molecule has 0 amide bonds. The predicted molar refractivity (Wildman–Crippen MR) is 66.3 cm³/mol. The van der Waals surface area contributed by atoms with Crippen LogP contribution in [-0.2, 0) is 11.2 Å². The molecule has 0 aromatic heterocycles. The second kappa shape index (κ2) is 5.15. The summed E-state index contributed by atoms with van der Waals surface area (Å²) < 4.78 is 18.7. The van der Waals surface area contributed by atoms with Gasteiger partial charge in [-0.3, -0.25) is 0 Å². The van der Waals surface area contributed by atoms with E-state index in [0.29, 0.717) is 6.42 Å². The molecular weight excluding hydrogens is 217 g/mol. The topological polar surface area (TPSA) is 35.2 Å². The Morgan fingerprint density at radius 3 is 2.71 bits per heavy atom. The monoisotopic (exact) mass is 237 g/mol. The van der Waals surface area contributed by atoms with Gasteiger partial charge in [0.05, 0.1) is 5.60 Å². The lowest BCUT2D eigenvalue weighted by Crippen LogP contribution is -2.48. The van der Waals surface area contributed by atoms with Gasteiger partial charge in [0.2, 0.25) is 0 Å². The zero-order chi connectivity index (χ0) is 12.3. The first-order valence-corrected chi connectivity index (χ1v) is 6.21. The molecule has 2 N–H and O–H groups in total. The van der Waals surface area contributed by atoms with E-state index in [1.165, 1.54) is 18.9 Å². The summed E-state index contributed by atoms with van der Waals surface area (Å²) in [5.41, 5.74) is 7.00. The fourth-order valence-corrected chi connectivity index (χ4v) is 2.80. The molecule has 1 fully saturated rings. The lowest BCUT2D eigenvalue weighted by Gasteiger charge is -2.34. The number of ether oxygens (including phenoxy) is 1. The van der Waals surface area contributed by atoms with Gasteiger partial charge in [0.15, 0.2) is 0 Å². The van der Waals surface area contributed by atoms with Crippen molar-refractivity contribution in [1.82, 2.24) is 0 Å². The van der Waals surface area contributed by atoms with E-state index in [-0.39, 0.29) is 17.5 Å². The molecule has 0 radical (unpaired) electrons. The SMILES string of the molecule is COC1(C(N)Cc2cccc(F)c2)CCCC1. The average Bonchev–Trinajstić information content (AvgIpc) is 2.78. The number of rotatable bonds is 4. The molecule has 2 nitrogen and oxygen atoms in total. The minimum atomic E-state index is -0.202. The molecule has 0 bridgehead atoms. The zero-order valence-corrected chi connectivity index (χ0v) is 10.3. The van der Waals surface area contributed by atoms with Crippen molar-refractivity contribution in [3.05, 3.63) is 35.6 Å². The van der Waals surface area contributed by atoms with E-state index in [2.05, 4.69) is 0 Å². The third kappa shape index (κ3) is 2.67. The van der Waals surface area contributed by atoms with E-state index in [0.717, 1.165) is 18.4 Å². The van der Waals surface area contributed by atoms with Gasteiger partial charge in [-0.1, -0.05) is 25.0 Å². The Bertz CT molecular complexity index is 374. The molecule has 17 heavy (non-hydrogen) atoms. The highest BCUT2D eigenvalue weighted by Crippen LogP contribution is 2.35. The number of nitrogens with two attached hydrogens (primary N) is 1. The maximum Gasteiger partial charge on any atom is 0.123 e. The Hall–Kier alpha value is -0.930. The Morgan fingerprint density at radius 2 is 2.12 bits per heavy atom. The molecule has 94 valence electrons. The third-order valence-electron chi connectivity index (χ3n) is 3.88. The van der Waals surface area contributed by atoms with Crippen LogP contribution in [0.3, 0.4) is 0 Å². The summed E-state index contributed by atoms with van der Waals surface area (Å²) in [6.07, 6.45) is 5.04. The van der Waals surface area contributed by atoms with Crippen molar-refractivity contribution in [2.24, 2.45) is 5.73 Å². The van der Waals surface area contributed by atoms with Crippen molar-refractivity contribution < 1.29 is 9.13 Å². The van der Waals surface area contributed by atoms with Crippen molar-refractivity contribution in [3.63, 3.8) is 0 Å². The smallest absolute Gasteiger partial charge is 0.123 e. The maximum atomic E-state index is 13.1. The molecule has 0 heterocycles. The lowest BCUT2D eigenvalue weighted by molar-refractivity contribution is -0.0253. The van der Waals surface area contributed by atoms with Crippen LogP contribution >= 0.6 is 0 Å². The first-order chi connectivity index (χ1) is 8.16. The summed E-state index contributed by atoms with van der Waals surface area (Å²) in [5, 5.41) is 0. The van der Waals surface area contributed by atoms with E-state index in [4.69, 9.17) is 10.5 Å². The van der Waals surface area contributed by atoms with Gasteiger partial charge in [-0.2, -0.15) is 0 Å². The van der Waals surface area contributed by atoms with Gasteiger partial charge in [0, 0.05) is 13.2 Å². The van der Waals surface area contributed by atoms with Crippen LogP contribution in [0.5, 0.6) is 0 Å². The molecule has 1 atom stereocenters. The number of hydrogen-bond donors (Lipinski definition) is 1. The number of halogens is 1. The Balaban J connectivity index is 2.07. The summed E-state index contributed by atoms with van der Waals surface area (Å²) in [7, 11) is 1.73. The van der Waals surface area contributed by atoms with Crippen molar-refractivity contribution in [1.29, 1.82) is 0 Å². The fourth-order valence-electron chi connectivity index (χ4n) is 2.80. The number of benzene rings is 1. The van der Waals surface area contributed by atoms with Gasteiger partial charge in [0.25, 0.3) is 0 Å². The minimum absolute atomic E-state index is 0.0585. The van der Waals surface area contributed by atoms with E-state index in [1.807, 2.05) is 6.07 Å². The summed E-state index contributed by atoms with van der Waals surface area (Å²) >= 11 is 0. The number of methoxy groups -OCH3 is 1. The largest absolute Gasteiger partial charge is 0.377 e. The summed E-state index contributed by atoms with van der Waals surface area (Å²) in [5.74, 6) is -0.201. The van der Waals surface area contributed by atoms with Crippen LogP contribution in [0.25, 0.3) is 0 Å². The maximum absolute atomic E-state index is 13.1. The van der Waals surface area contributed by atoms with Gasteiger partial charge in [-0.05, 0) is 37.0 Å². The van der Waals surface area contributed by atoms with Gasteiger partial charge in [0.1, 0.15) is 5.82 Å². The highest BCUT2D eigenvalue weighted by atomic mass is 19.1. The lowest BCUT2D eigenvalue weighted by atomic mass is 9.88. The Kier molecular flexibility index (Phi) is 3.79.